The lowest BCUT2D eigenvalue weighted by molar-refractivity contribution is -0.228. The Hall–Kier alpha value is -2.98. The van der Waals surface area contributed by atoms with Gasteiger partial charge >= 0.3 is 6.18 Å². The summed E-state index contributed by atoms with van der Waals surface area (Å²) in [6.07, 6.45) is -4.73. The van der Waals surface area contributed by atoms with Gasteiger partial charge in [-0.3, -0.25) is 14.8 Å². The lowest BCUT2D eigenvalue weighted by Gasteiger charge is -2.20. The third kappa shape index (κ3) is 4.72. The fourth-order valence-electron chi connectivity index (χ4n) is 2.50. The van der Waals surface area contributed by atoms with Gasteiger partial charge in [-0.15, -0.1) is 0 Å². The fourth-order valence-corrected chi connectivity index (χ4v) is 2.61. The van der Waals surface area contributed by atoms with E-state index in [-0.39, 0.29) is 17.0 Å². The summed E-state index contributed by atoms with van der Waals surface area (Å²) >= 11 is 5.80. The molecule has 3 aromatic rings. The van der Waals surface area contributed by atoms with Crippen LogP contribution in [-0.4, -0.2) is 27.2 Å². The van der Waals surface area contributed by atoms with Crippen LogP contribution in [0, 0.1) is 6.92 Å². The number of alkyl halides is 3. The number of hydrogen-bond donors (Lipinski definition) is 1. The molecule has 7 nitrogen and oxygen atoms in total. The van der Waals surface area contributed by atoms with Crippen LogP contribution in [0.15, 0.2) is 41.2 Å². The van der Waals surface area contributed by atoms with E-state index in [9.17, 15) is 18.0 Å². The summed E-state index contributed by atoms with van der Waals surface area (Å²) in [7, 11) is 0. The van der Waals surface area contributed by atoms with Gasteiger partial charge in [0.05, 0.1) is 28.6 Å². The fraction of sp³-hybridized carbons (Fsp3) is 0.222. The number of nitrogens with zero attached hydrogens (tertiary/aromatic N) is 3. The molecule has 3 heterocycles. The van der Waals surface area contributed by atoms with Gasteiger partial charge in [0.15, 0.2) is 6.10 Å². The van der Waals surface area contributed by atoms with E-state index in [1.807, 2.05) is 0 Å². The van der Waals surface area contributed by atoms with Crippen molar-refractivity contribution in [2.75, 3.05) is 0 Å². The molecule has 3 rings (SSSR count). The molecule has 0 fully saturated rings. The normalized spacial score (nSPS) is 12.7. The molecular formula is C18H14ClF3N4O3. The van der Waals surface area contributed by atoms with E-state index in [1.54, 1.807) is 19.1 Å². The van der Waals surface area contributed by atoms with Crippen LogP contribution in [0.3, 0.4) is 0 Å². The average molecular weight is 427 g/mol. The monoisotopic (exact) mass is 426 g/mol. The number of rotatable bonds is 6. The summed E-state index contributed by atoms with van der Waals surface area (Å²) < 4.78 is 50.9. The highest BCUT2D eigenvalue weighted by Gasteiger charge is 2.43. The van der Waals surface area contributed by atoms with E-state index in [0.717, 1.165) is 18.3 Å². The van der Waals surface area contributed by atoms with Gasteiger partial charge < -0.3 is 15.0 Å². The van der Waals surface area contributed by atoms with Crippen LogP contribution in [0.2, 0.25) is 5.02 Å². The summed E-state index contributed by atoms with van der Waals surface area (Å²) in [5.74, 6) is -0.511. The Labute approximate surface area is 167 Å². The number of amides is 1. The number of primary amides is 1. The zero-order valence-electron chi connectivity index (χ0n) is 14.9. The number of carbonyl (C=O) groups excluding carboxylic acids is 1. The molecule has 0 saturated heterocycles. The van der Waals surface area contributed by atoms with Crippen molar-refractivity contribution in [1.29, 1.82) is 0 Å². The quantitative estimate of drug-likeness (QED) is 0.638. The Balaban J connectivity index is 1.86. The lowest BCUT2D eigenvalue weighted by Crippen LogP contribution is -2.25. The maximum absolute atomic E-state index is 13.5. The van der Waals surface area contributed by atoms with Crippen molar-refractivity contribution in [3.05, 3.63) is 64.3 Å². The molecule has 1 amide bonds. The van der Waals surface area contributed by atoms with E-state index >= 15 is 0 Å². The minimum atomic E-state index is -4.75. The van der Waals surface area contributed by atoms with Gasteiger partial charge in [0, 0.05) is 18.0 Å². The Morgan fingerprint density at radius 1 is 1.24 bits per heavy atom. The number of aryl methyl sites for hydroxylation is 1. The zero-order chi connectivity index (χ0) is 21.2. The molecule has 0 aliphatic rings. The van der Waals surface area contributed by atoms with E-state index < -0.39 is 30.5 Å². The van der Waals surface area contributed by atoms with Gasteiger partial charge in [0.2, 0.25) is 5.91 Å². The van der Waals surface area contributed by atoms with E-state index in [1.165, 1.54) is 6.20 Å². The molecular weight excluding hydrogens is 413 g/mol. The average Bonchev–Trinajstić information content (AvgIpc) is 3.02. The summed E-state index contributed by atoms with van der Waals surface area (Å²) in [6.45, 7) is 1.09. The molecule has 0 aliphatic heterocycles. The summed E-state index contributed by atoms with van der Waals surface area (Å²) in [5, 5.41) is 4.25. The van der Waals surface area contributed by atoms with Crippen molar-refractivity contribution in [2.24, 2.45) is 5.73 Å². The van der Waals surface area contributed by atoms with Crippen molar-refractivity contribution < 1.29 is 27.2 Å². The molecule has 29 heavy (non-hydrogen) atoms. The standard InChI is InChI=1S/C18H14ClF3N4O3/c1-9-12(15(26-29-9)13-5-3-11(19)7-25-13)8-28-16(18(20,21)22)14-4-2-10(6-24-14)17(23)27/h2-7,16H,8H2,1H3,(H2,23,27). The topological polar surface area (TPSA) is 104 Å². The van der Waals surface area contributed by atoms with Gasteiger partial charge in [-0.05, 0) is 31.2 Å². The molecule has 1 unspecified atom stereocenters. The molecule has 11 heteroatoms. The van der Waals surface area contributed by atoms with Gasteiger partial charge in [0.1, 0.15) is 11.5 Å². The van der Waals surface area contributed by atoms with Crippen molar-refractivity contribution in [1.82, 2.24) is 15.1 Å². The predicted molar refractivity (Wildman–Crippen MR) is 95.8 cm³/mol. The Kier molecular flexibility index (Phi) is 5.85. The number of nitrogens with two attached hydrogens (primary N) is 1. The molecule has 2 N–H and O–H groups in total. The van der Waals surface area contributed by atoms with Crippen LogP contribution < -0.4 is 5.73 Å². The highest BCUT2D eigenvalue weighted by Crippen LogP contribution is 2.36. The number of carbonyl (C=O) groups is 1. The number of hydrogen-bond acceptors (Lipinski definition) is 6. The van der Waals surface area contributed by atoms with Gasteiger partial charge in [-0.1, -0.05) is 16.8 Å². The second-order valence-electron chi connectivity index (χ2n) is 6.00. The minimum absolute atomic E-state index is 0.0133. The lowest BCUT2D eigenvalue weighted by atomic mass is 10.1. The Bertz CT molecular complexity index is 1000. The zero-order valence-corrected chi connectivity index (χ0v) is 15.7. The van der Waals surface area contributed by atoms with Gasteiger partial charge in [-0.25, -0.2) is 0 Å². The highest BCUT2D eigenvalue weighted by atomic mass is 35.5. The van der Waals surface area contributed by atoms with Crippen LogP contribution in [0.4, 0.5) is 13.2 Å². The maximum Gasteiger partial charge on any atom is 0.420 e. The van der Waals surface area contributed by atoms with E-state index in [0.29, 0.717) is 16.3 Å². The third-order valence-corrected chi connectivity index (χ3v) is 4.21. The third-order valence-electron chi connectivity index (χ3n) is 3.99. The van der Waals surface area contributed by atoms with Crippen molar-refractivity contribution in [2.45, 2.75) is 25.8 Å². The minimum Gasteiger partial charge on any atom is -0.366 e. The molecule has 152 valence electrons. The highest BCUT2D eigenvalue weighted by molar-refractivity contribution is 6.30. The summed E-state index contributed by atoms with van der Waals surface area (Å²) in [6, 6.07) is 5.33. The molecule has 0 saturated carbocycles. The number of aromatic nitrogens is 3. The van der Waals surface area contributed by atoms with Crippen LogP contribution in [-0.2, 0) is 11.3 Å². The first-order valence-corrected chi connectivity index (χ1v) is 8.55. The smallest absolute Gasteiger partial charge is 0.366 e. The Morgan fingerprint density at radius 3 is 2.55 bits per heavy atom. The predicted octanol–water partition coefficient (Wildman–Crippen LogP) is 4.01. The van der Waals surface area contributed by atoms with Crippen molar-refractivity contribution in [3.63, 3.8) is 0 Å². The summed E-state index contributed by atoms with van der Waals surface area (Å²) in [4.78, 5) is 18.8. The molecule has 1 atom stereocenters. The van der Waals surface area contributed by atoms with E-state index in [4.69, 9.17) is 26.6 Å². The molecule has 0 spiro atoms. The molecule has 0 aromatic carbocycles. The maximum atomic E-state index is 13.5. The first-order valence-electron chi connectivity index (χ1n) is 8.18. The van der Waals surface area contributed by atoms with Gasteiger partial charge in [0.25, 0.3) is 0 Å². The largest absolute Gasteiger partial charge is 0.420 e. The first kappa shape index (κ1) is 20.7. The molecule has 3 aromatic heterocycles. The van der Waals surface area contributed by atoms with Crippen LogP contribution in [0.25, 0.3) is 11.4 Å². The van der Waals surface area contributed by atoms with Crippen LogP contribution in [0.1, 0.15) is 33.5 Å². The van der Waals surface area contributed by atoms with Crippen LogP contribution in [0.5, 0.6) is 0 Å². The van der Waals surface area contributed by atoms with Crippen LogP contribution >= 0.6 is 11.6 Å². The van der Waals surface area contributed by atoms with Crippen molar-refractivity contribution in [3.8, 4) is 11.4 Å². The Morgan fingerprint density at radius 2 is 2.00 bits per heavy atom. The van der Waals surface area contributed by atoms with Crippen molar-refractivity contribution >= 4 is 17.5 Å². The second-order valence-corrected chi connectivity index (χ2v) is 6.43. The molecule has 0 bridgehead atoms. The SMILES string of the molecule is Cc1onc(-c2ccc(Cl)cn2)c1COC(c1ccc(C(N)=O)cn1)C(F)(F)F. The van der Waals surface area contributed by atoms with Gasteiger partial charge in [-0.2, -0.15) is 13.2 Å². The first-order chi connectivity index (χ1) is 13.7. The number of pyridine rings is 2. The number of halogens is 4. The molecule has 0 aliphatic carbocycles. The molecule has 0 radical (unpaired) electrons. The second kappa shape index (κ2) is 8.18. The van der Waals surface area contributed by atoms with E-state index in [2.05, 4.69) is 15.1 Å². The summed E-state index contributed by atoms with van der Waals surface area (Å²) in [5.41, 5.74) is 5.58. The number of ether oxygens (including phenoxy) is 1.